The summed E-state index contributed by atoms with van der Waals surface area (Å²) in [6.45, 7) is 1.77. The normalized spacial score (nSPS) is 10.6. The molecule has 0 radical (unpaired) electrons. The predicted octanol–water partition coefficient (Wildman–Crippen LogP) is 3.11. The first-order valence-corrected chi connectivity index (χ1v) is 8.04. The van der Waals surface area contributed by atoms with E-state index in [1.807, 2.05) is 48.5 Å². The number of rotatable bonds is 9. The number of aromatic nitrogens is 2. The van der Waals surface area contributed by atoms with E-state index in [0.717, 1.165) is 10.9 Å². The summed E-state index contributed by atoms with van der Waals surface area (Å²) in [5, 5.41) is 0.893. The lowest BCUT2D eigenvalue weighted by atomic mass is 10.2. The zero-order chi connectivity index (χ0) is 17.3. The highest BCUT2D eigenvalue weighted by Crippen LogP contribution is 2.25. The van der Waals surface area contributed by atoms with Crippen molar-refractivity contribution >= 4 is 10.9 Å². The van der Waals surface area contributed by atoms with Crippen molar-refractivity contribution in [1.82, 2.24) is 9.97 Å². The summed E-state index contributed by atoms with van der Waals surface area (Å²) in [4.78, 5) is 8.38. The molecule has 0 bridgehead atoms. The van der Waals surface area contributed by atoms with Crippen LogP contribution in [0.15, 0.2) is 54.9 Å². The fraction of sp³-hybridized carbons (Fsp3) is 0.263. The van der Waals surface area contributed by atoms with Gasteiger partial charge in [0.15, 0.2) is 11.5 Å². The van der Waals surface area contributed by atoms with Crippen LogP contribution in [0.25, 0.3) is 10.9 Å². The van der Waals surface area contributed by atoms with Crippen LogP contribution in [0.5, 0.6) is 17.4 Å². The molecule has 0 N–H and O–H groups in total. The maximum absolute atomic E-state index is 5.68. The smallest absolute Gasteiger partial charge is 0.224 e. The second-order valence-electron chi connectivity index (χ2n) is 5.16. The van der Waals surface area contributed by atoms with Crippen molar-refractivity contribution in [3.8, 4) is 17.4 Å². The summed E-state index contributed by atoms with van der Waals surface area (Å²) < 4.78 is 22.1. The zero-order valence-corrected chi connectivity index (χ0v) is 14.1. The largest absolute Gasteiger partial charge is 0.493 e. The maximum atomic E-state index is 5.68. The number of fused-ring (bicyclic) bond motifs is 1. The highest BCUT2D eigenvalue weighted by atomic mass is 16.6. The predicted molar refractivity (Wildman–Crippen MR) is 94.3 cm³/mol. The van der Waals surface area contributed by atoms with Gasteiger partial charge in [0, 0.05) is 0 Å². The van der Waals surface area contributed by atoms with Crippen LogP contribution in [-0.4, -0.2) is 43.5 Å². The second-order valence-corrected chi connectivity index (χ2v) is 5.16. The molecule has 0 saturated heterocycles. The van der Waals surface area contributed by atoms with Crippen molar-refractivity contribution in [2.24, 2.45) is 0 Å². The number of benzene rings is 2. The Morgan fingerprint density at radius 3 is 2.32 bits per heavy atom. The first-order valence-electron chi connectivity index (χ1n) is 8.04. The lowest BCUT2D eigenvalue weighted by Gasteiger charge is -2.11. The van der Waals surface area contributed by atoms with Gasteiger partial charge < -0.3 is 18.9 Å². The first kappa shape index (κ1) is 17.0. The Morgan fingerprint density at radius 2 is 1.48 bits per heavy atom. The second kappa shape index (κ2) is 8.84. The Bertz CT molecular complexity index is 805. The lowest BCUT2D eigenvalue weighted by molar-refractivity contribution is 0.0750. The highest BCUT2D eigenvalue weighted by molar-refractivity contribution is 5.82. The molecular formula is C19H20N2O4. The van der Waals surface area contributed by atoms with Gasteiger partial charge in [-0.05, 0) is 24.3 Å². The van der Waals surface area contributed by atoms with Crippen LogP contribution >= 0.6 is 0 Å². The molecule has 6 heteroatoms. The fourth-order valence-electron chi connectivity index (χ4n) is 2.34. The SMILES string of the molecule is COc1ccccc1OCCOCCOc1ncnc2ccccc12. The molecule has 0 fully saturated rings. The van der Waals surface area contributed by atoms with Crippen LogP contribution in [0.1, 0.15) is 0 Å². The average Bonchev–Trinajstić information content (AvgIpc) is 2.67. The standard InChI is InChI=1S/C19H20N2O4/c1-22-17-8-4-5-9-18(17)24-12-10-23-11-13-25-19-15-6-2-3-7-16(15)20-14-21-19/h2-9,14H,10-13H2,1H3. The van der Waals surface area contributed by atoms with Gasteiger partial charge in [0.05, 0.1) is 31.2 Å². The monoisotopic (exact) mass is 340 g/mol. The fourth-order valence-corrected chi connectivity index (χ4v) is 2.34. The number of methoxy groups -OCH3 is 1. The molecule has 0 aliphatic rings. The van der Waals surface area contributed by atoms with Crippen LogP contribution in [0, 0.1) is 0 Å². The number of ether oxygens (including phenoxy) is 4. The van der Waals surface area contributed by atoms with E-state index in [4.69, 9.17) is 18.9 Å². The van der Waals surface area contributed by atoms with E-state index in [1.54, 1.807) is 7.11 Å². The van der Waals surface area contributed by atoms with Crippen molar-refractivity contribution in [2.45, 2.75) is 0 Å². The van der Waals surface area contributed by atoms with Gasteiger partial charge in [-0.2, -0.15) is 0 Å². The number of hydrogen-bond acceptors (Lipinski definition) is 6. The van der Waals surface area contributed by atoms with Crippen LogP contribution in [-0.2, 0) is 4.74 Å². The summed E-state index contributed by atoms with van der Waals surface area (Å²) in [6, 6.07) is 15.3. The van der Waals surface area contributed by atoms with E-state index in [2.05, 4.69) is 9.97 Å². The molecule has 0 amide bonds. The molecule has 3 rings (SSSR count). The first-order chi connectivity index (χ1) is 12.4. The van der Waals surface area contributed by atoms with Crippen molar-refractivity contribution in [3.63, 3.8) is 0 Å². The molecule has 0 unspecified atom stereocenters. The van der Waals surface area contributed by atoms with Crippen LogP contribution in [0.2, 0.25) is 0 Å². The van der Waals surface area contributed by atoms with Crippen molar-refractivity contribution in [1.29, 1.82) is 0 Å². The molecule has 0 spiro atoms. The van der Waals surface area contributed by atoms with E-state index in [-0.39, 0.29) is 0 Å². The van der Waals surface area contributed by atoms with Crippen molar-refractivity contribution < 1.29 is 18.9 Å². The van der Waals surface area contributed by atoms with Crippen LogP contribution in [0.3, 0.4) is 0 Å². The minimum atomic E-state index is 0.412. The molecule has 2 aromatic carbocycles. The molecule has 1 aromatic heterocycles. The molecule has 130 valence electrons. The molecule has 0 saturated carbocycles. The summed E-state index contributed by atoms with van der Waals surface area (Å²) in [7, 11) is 1.62. The summed E-state index contributed by atoms with van der Waals surface area (Å²) in [6.07, 6.45) is 1.50. The lowest BCUT2D eigenvalue weighted by Crippen LogP contribution is -2.12. The quantitative estimate of drug-likeness (QED) is 0.558. The Hall–Kier alpha value is -2.86. The molecule has 0 atom stereocenters. The average molecular weight is 340 g/mol. The maximum Gasteiger partial charge on any atom is 0.224 e. The van der Waals surface area contributed by atoms with Gasteiger partial charge in [-0.3, -0.25) is 0 Å². The Morgan fingerprint density at radius 1 is 0.760 bits per heavy atom. The van der Waals surface area contributed by atoms with Gasteiger partial charge in [-0.1, -0.05) is 24.3 Å². The van der Waals surface area contributed by atoms with Crippen molar-refractivity contribution in [2.75, 3.05) is 33.5 Å². The minimum absolute atomic E-state index is 0.412. The third kappa shape index (κ3) is 4.58. The summed E-state index contributed by atoms with van der Waals surface area (Å²) in [5.74, 6) is 1.98. The molecule has 0 aliphatic carbocycles. The van der Waals surface area contributed by atoms with Crippen molar-refractivity contribution in [3.05, 3.63) is 54.9 Å². The van der Waals surface area contributed by atoms with E-state index < -0.39 is 0 Å². The molecular weight excluding hydrogens is 320 g/mol. The van der Waals surface area contributed by atoms with Gasteiger partial charge in [-0.25, -0.2) is 9.97 Å². The molecule has 0 aliphatic heterocycles. The van der Waals surface area contributed by atoms with E-state index in [1.165, 1.54) is 6.33 Å². The van der Waals surface area contributed by atoms with Gasteiger partial charge in [0.25, 0.3) is 0 Å². The van der Waals surface area contributed by atoms with E-state index in [0.29, 0.717) is 43.8 Å². The minimum Gasteiger partial charge on any atom is -0.493 e. The van der Waals surface area contributed by atoms with Gasteiger partial charge >= 0.3 is 0 Å². The third-order valence-corrected chi connectivity index (χ3v) is 3.53. The Kier molecular flexibility index (Phi) is 6.01. The number of para-hydroxylation sites is 3. The highest BCUT2D eigenvalue weighted by Gasteiger charge is 2.04. The van der Waals surface area contributed by atoms with Crippen LogP contribution < -0.4 is 14.2 Å². The van der Waals surface area contributed by atoms with Gasteiger partial charge in [-0.15, -0.1) is 0 Å². The molecule has 3 aromatic rings. The summed E-state index contributed by atoms with van der Waals surface area (Å²) >= 11 is 0. The van der Waals surface area contributed by atoms with Gasteiger partial charge in [0.2, 0.25) is 5.88 Å². The number of nitrogens with zero attached hydrogens (tertiary/aromatic N) is 2. The Balaban J connectivity index is 1.38. The topological polar surface area (TPSA) is 62.7 Å². The Labute approximate surface area is 146 Å². The molecule has 25 heavy (non-hydrogen) atoms. The van der Waals surface area contributed by atoms with E-state index in [9.17, 15) is 0 Å². The third-order valence-electron chi connectivity index (χ3n) is 3.53. The van der Waals surface area contributed by atoms with E-state index >= 15 is 0 Å². The van der Waals surface area contributed by atoms with Crippen LogP contribution in [0.4, 0.5) is 0 Å². The zero-order valence-electron chi connectivity index (χ0n) is 14.1. The van der Waals surface area contributed by atoms with Gasteiger partial charge in [0.1, 0.15) is 19.5 Å². The summed E-state index contributed by atoms with van der Waals surface area (Å²) in [5.41, 5.74) is 0.860. The number of hydrogen-bond donors (Lipinski definition) is 0. The molecule has 1 heterocycles. The molecule has 6 nitrogen and oxygen atoms in total.